The van der Waals surface area contributed by atoms with Crippen LogP contribution in [0, 0.1) is 38.0 Å². The van der Waals surface area contributed by atoms with Gasteiger partial charge in [-0.25, -0.2) is 4.79 Å². The lowest BCUT2D eigenvalue weighted by atomic mass is 9.99. The largest absolute Gasteiger partial charge is 0.334 e. The normalized spacial score (nSPS) is 18.2. The zero-order chi connectivity index (χ0) is 15.4. The summed E-state index contributed by atoms with van der Waals surface area (Å²) in [6.07, 6.45) is 1.81. The van der Waals surface area contributed by atoms with Crippen LogP contribution in [0.2, 0.25) is 0 Å². The predicted octanol–water partition coefficient (Wildman–Crippen LogP) is 3.06. The smallest absolute Gasteiger partial charge is 0.317 e. The Morgan fingerprint density at radius 2 is 2.05 bits per heavy atom. The van der Waals surface area contributed by atoms with Crippen molar-refractivity contribution in [2.45, 2.75) is 40.2 Å². The fourth-order valence-electron chi connectivity index (χ4n) is 3.03. The molecule has 2 rings (SSSR count). The zero-order valence-corrected chi connectivity index (χ0v) is 13.1. The lowest BCUT2D eigenvalue weighted by molar-refractivity contribution is 0.176. The van der Waals surface area contributed by atoms with Gasteiger partial charge in [-0.1, -0.05) is 17.7 Å². The third-order valence-corrected chi connectivity index (χ3v) is 4.15. The molecule has 2 amide bonds. The highest BCUT2D eigenvalue weighted by atomic mass is 16.2. The molecule has 0 radical (unpaired) electrons. The van der Waals surface area contributed by atoms with Crippen LogP contribution in [-0.2, 0) is 6.54 Å². The molecule has 1 aliphatic heterocycles. The number of aryl methyl sites for hydroxylation is 3. The van der Waals surface area contributed by atoms with Crippen LogP contribution < -0.4 is 5.32 Å². The first kappa shape index (κ1) is 15.4. The summed E-state index contributed by atoms with van der Waals surface area (Å²) in [5.74, 6) is -0.0210. The molecular formula is C17H23N3O. The van der Waals surface area contributed by atoms with Gasteiger partial charge < -0.3 is 10.2 Å². The fraction of sp³-hybridized carbons (Fsp3) is 0.529. The lowest BCUT2D eigenvalue weighted by Crippen LogP contribution is -2.45. The minimum absolute atomic E-state index is 0.0210. The van der Waals surface area contributed by atoms with E-state index < -0.39 is 0 Å². The summed E-state index contributed by atoms with van der Waals surface area (Å²) in [6.45, 7) is 8.08. The highest BCUT2D eigenvalue weighted by molar-refractivity contribution is 5.74. The third kappa shape index (κ3) is 3.75. The molecule has 0 aromatic heterocycles. The van der Waals surface area contributed by atoms with Gasteiger partial charge in [0.15, 0.2) is 0 Å². The Balaban J connectivity index is 1.97. The molecule has 1 unspecified atom stereocenters. The zero-order valence-electron chi connectivity index (χ0n) is 13.1. The molecule has 4 nitrogen and oxygen atoms in total. The van der Waals surface area contributed by atoms with E-state index in [1.807, 2.05) is 0 Å². The van der Waals surface area contributed by atoms with E-state index in [4.69, 9.17) is 5.26 Å². The summed E-state index contributed by atoms with van der Waals surface area (Å²) in [4.78, 5) is 14.0. The van der Waals surface area contributed by atoms with Crippen LogP contribution in [0.15, 0.2) is 12.1 Å². The van der Waals surface area contributed by atoms with Crippen molar-refractivity contribution < 1.29 is 4.79 Å². The molecule has 112 valence electrons. The molecule has 21 heavy (non-hydrogen) atoms. The van der Waals surface area contributed by atoms with Crippen LogP contribution in [0.3, 0.4) is 0 Å². The topological polar surface area (TPSA) is 56.1 Å². The Morgan fingerprint density at radius 1 is 1.38 bits per heavy atom. The summed E-state index contributed by atoms with van der Waals surface area (Å²) < 4.78 is 0. The average Bonchev–Trinajstić information content (AvgIpc) is 2.46. The second-order valence-corrected chi connectivity index (χ2v) is 5.95. The first-order valence-corrected chi connectivity index (χ1v) is 7.50. The van der Waals surface area contributed by atoms with Gasteiger partial charge in [-0.05, 0) is 50.3 Å². The molecule has 1 heterocycles. The van der Waals surface area contributed by atoms with Crippen molar-refractivity contribution in [1.82, 2.24) is 10.2 Å². The monoisotopic (exact) mass is 285 g/mol. The summed E-state index contributed by atoms with van der Waals surface area (Å²) >= 11 is 0. The number of likely N-dealkylation sites (tertiary alicyclic amines) is 1. The number of piperidine rings is 1. The van der Waals surface area contributed by atoms with Gasteiger partial charge in [-0.2, -0.15) is 5.26 Å². The summed E-state index contributed by atoms with van der Waals surface area (Å²) in [7, 11) is 0. The van der Waals surface area contributed by atoms with E-state index in [2.05, 4.69) is 44.3 Å². The molecule has 4 heteroatoms. The number of nitrogens with one attached hydrogen (secondary N) is 1. The Bertz CT molecular complexity index is 551. The van der Waals surface area contributed by atoms with Crippen LogP contribution in [0.25, 0.3) is 0 Å². The van der Waals surface area contributed by atoms with Gasteiger partial charge in [0.05, 0.1) is 12.0 Å². The summed E-state index contributed by atoms with van der Waals surface area (Å²) in [5.41, 5.74) is 4.85. The molecule has 1 N–H and O–H groups in total. The molecule has 1 aliphatic rings. The van der Waals surface area contributed by atoms with E-state index in [0.717, 1.165) is 19.4 Å². The number of carbonyl (C=O) groups is 1. The Kier molecular flexibility index (Phi) is 4.85. The molecular weight excluding hydrogens is 262 g/mol. The highest BCUT2D eigenvalue weighted by Gasteiger charge is 2.23. The Morgan fingerprint density at radius 3 is 2.67 bits per heavy atom. The minimum atomic E-state index is -0.0608. The maximum Gasteiger partial charge on any atom is 0.317 e. The first-order valence-electron chi connectivity index (χ1n) is 7.50. The highest BCUT2D eigenvalue weighted by Crippen LogP contribution is 2.18. The van der Waals surface area contributed by atoms with Crippen LogP contribution in [-0.4, -0.2) is 24.0 Å². The van der Waals surface area contributed by atoms with E-state index in [1.165, 1.54) is 22.3 Å². The number of urea groups is 1. The molecule has 0 saturated carbocycles. The summed E-state index contributed by atoms with van der Waals surface area (Å²) in [6, 6.07) is 6.48. The van der Waals surface area contributed by atoms with Gasteiger partial charge in [0.2, 0.25) is 0 Å². The number of benzene rings is 1. The predicted molar refractivity (Wildman–Crippen MR) is 82.8 cm³/mol. The van der Waals surface area contributed by atoms with Crippen LogP contribution in [0.5, 0.6) is 0 Å². The van der Waals surface area contributed by atoms with E-state index >= 15 is 0 Å². The lowest BCUT2D eigenvalue weighted by Gasteiger charge is -2.29. The van der Waals surface area contributed by atoms with Crippen molar-refractivity contribution in [3.05, 3.63) is 34.4 Å². The van der Waals surface area contributed by atoms with Crippen molar-refractivity contribution in [3.63, 3.8) is 0 Å². The van der Waals surface area contributed by atoms with Gasteiger partial charge in [-0.15, -0.1) is 0 Å². The minimum Gasteiger partial charge on any atom is -0.334 e. The van der Waals surface area contributed by atoms with Crippen molar-refractivity contribution in [3.8, 4) is 6.07 Å². The molecule has 1 aromatic carbocycles. The number of rotatable bonds is 2. The van der Waals surface area contributed by atoms with Gasteiger partial charge in [0.1, 0.15) is 0 Å². The van der Waals surface area contributed by atoms with Crippen LogP contribution in [0.1, 0.15) is 35.1 Å². The number of nitriles is 1. The van der Waals surface area contributed by atoms with E-state index in [0.29, 0.717) is 13.1 Å². The Hall–Kier alpha value is -2.02. The number of nitrogens with zero attached hydrogens (tertiary/aromatic N) is 2. The van der Waals surface area contributed by atoms with Crippen LogP contribution >= 0.6 is 0 Å². The molecule has 1 fully saturated rings. The molecule has 0 bridgehead atoms. The number of carbonyl (C=O) groups excluding carboxylic acids is 1. The molecule has 1 saturated heterocycles. The molecule has 0 spiro atoms. The molecule has 1 aromatic rings. The van der Waals surface area contributed by atoms with E-state index in [9.17, 15) is 4.79 Å². The van der Waals surface area contributed by atoms with Crippen molar-refractivity contribution in [1.29, 1.82) is 5.26 Å². The van der Waals surface area contributed by atoms with Gasteiger partial charge in [-0.3, -0.25) is 0 Å². The van der Waals surface area contributed by atoms with Gasteiger partial charge in [0.25, 0.3) is 0 Å². The number of amides is 2. The van der Waals surface area contributed by atoms with Gasteiger partial charge in [0, 0.05) is 19.6 Å². The molecule has 1 atom stereocenters. The standard InChI is InChI=1S/C17H23N3O/c1-12-7-13(2)16(14(3)8-12)10-19-17(21)20-6-4-5-15(9-18)11-20/h7-8,15H,4-6,10-11H2,1-3H3,(H,19,21). The fourth-order valence-corrected chi connectivity index (χ4v) is 3.03. The maximum atomic E-state index is 12.2. The third-order valence-electron chi connectivity index (χ3n) is 4.15. The quantitative estimate of drug-likeness (QED) is 0.908. The average molecular weight is 285 g/mol. The number of hydrogen-bond acceptors (Lipinski definition) is 2. The first-order chi connectivity index (χ1) is 10.0. The second kappa shape index (κ2) is 6.62. The summed E-state index contributed by atoms with van der Waals surface area (Å²) in [5, 5.41) is 12.0. The van der Waals surface area contributed by atoms with E-state index in [1.54, 1.807) is 4.90 Å². The van der Waals surface area contributed by atoms with Crippen molar-refractivity contribution >= 4 is 6.03 Å². The SMILES string of the molecule is Cc1cc(C)c(CNC(=O)N2CCCC(C#N)C2)c(C)c1. The Labute approximate surface area is 126 Å². The maximum absolute atomic E-state index is 12.2. The molecule has 0 aliphatic carbocycles. The van der Waals surface area contributed by atoms with E-state index in [-0.39, 0.29) is 11.9 Å². The van der Waals surface area contributed by atoms with Crippen molar-refractivity contribution in [2.24, 2.45) is 5.92 Å². The number of hydrogen-bond donors (Lipinski definition) is 1. The van der Waals surface area contributed by atoms with Crippen LogP contribution in [0.4, 0.5) is 4.79 Å². The second-order valence-electron chi connectivity index (χ2n) is 5.95. The van der Waals surface area contributed by atoms with Gasteiger partial charge >= 0.3 is 6.03 Å². The van der Waals surface area contributed by atoms with Crippen molar-refractivity contribution in [2.75, 3.05) is 13.1 Å².